The highest BCUT2D eigenvalue weighted by Crippen LogP contribution is 2.20. The quantitative estimate of drug-likeness (QED) is 0.894. The summed E-state index contributed by atoms with van der Waals surface area (Å²) in [5, 5.41) is 2.76. The Bertz CT molecular complexity index is 467. The minimum Gasteiger partial charge on any atom is -0.457 e. The lowest BCUT2D eigenvalue weighted by Crippen LogP contribution is -2.53. The highest BCUT2D eigenvalue weighted by atomic mass is 79.9. The molecule has 0 bridgehead atoms. The van der Waals surface area contributed by atoms with E-state index in [-0.39, 0.29) is 11.9 Å². The zero-order valence-corrected chi connectivity index (χ0v) is 12.3. The third-order valence-corrected chi connectivity index (χ3v) is 3.64. The van der Waals surface area contributed by atoms with Gasteiger partial charge in [-0.25, -0.2) is 4.79 Å². The van der Waals surface area contributed by atoms with Crippen LogP contribution in [0.1, 0.15) is 17.3 Å². The lowest BCUT2D eigenvalue weighted by Gasteiger charge is -2.34. The molecule has 0 atom stereocenters. The van der Waals surface area contributed by atoms with Crippen molar-refractivity contribution in [2.45, 2.75) is 6.92 Å². The molecule has 1 saturated heterocycles. The summed E-state index contributed by atoms with van der Waals surface area (Å²) in [7, 11) is 0. The number of carbonyl (C=O) groups excluding carboxylic acids is 2. The summed E-state index contributed by atoms with van der Waals surface area (Å²) in [5.41, 5.74) is 0.520. The van der Waals surface area contributed by atoms with Gasteiger partial charge in [-0.2, -0.15) is 0 Å². The molecule has 0 radical (unpaired) electrons. The molecule has 3 amide bonds. The van der Waals surface area contributed by atoms with Gasteiger partial charge in [0.1, 0.15) is 0 Å². The van der Waals surface area contributed by atoms with Crippen molar-refractivity contribution in [1.82, 2.24) is 15.1 Å². The normalized spacial score (nSPS) is 15.5. The Labute approximate surface area is 119 Å². The molecule has 19 heavy (non-hydrogen) atoms. The van der Waals surface area contributed by atoms with Crippen molar-refractivity contribution >= 4 is 27.9 Å². The lowest BCUT2D eigenvalue weighted by atomic mass is 10.2. The molecule has 0 saturated carbocycles. The van der Waals surface area contributed by atoms with Crippen LogP contribution in [0.3, 0.4) is 0 Å². The zero-order chi connectivity index (χ0) is 13.8. The second-order valence-corrected chi connectivity index (χ2v) is 4.94. The van der Waals surface area contributed by atoms with Crippen LogP contribution in [0.5, 0.6) is 0 Å². The zero-order valence-electron chi connectivity index (χ0n) is 10.7. The molecule has 2 heterocycles. The first-order valence-electron chi connectivity index (χ1n) is 6.18. The van der Waals surface area contributed by atoms with Crippen LogP contribution < -0.4 is 5.32 Å². The van der Waals surface area contributed by atoms with Gasteiger partial charge in [0.05, 0.1) is 11.8 Å². The molecule has 1 fully saturated rings. The first-order valence-corrected chi connectivity index (χ1v) is 6.97. The molecule has 0 aliphatic carbocycles. The van der Waals surface area contributed by atoms with Crippen LogP contribution in [0.15, 0.2) is 21.4 Å². The molecule has 1 aliphatic heterocycles. The van der Waals surface area contributed by atoms with Crippen LogP contribution in [0.25, 0.3) is 0 Å². The van der Waals surface area contributed by atoms with E-state index in [0.717, 1.165) is 0 Å². The SMILES string of the molecule is CCNC(=O)N1CCN(C(=O)c2ccoc2Br)CC1. The van der Waals surface area contributed by atoms with Gasteiger partial charge < -0.3 is 19.5 Å². The number of nitrogens with zero attached hydrogens (tertiary/aromatic N) is 2. The van der Waals surface area contributed by atoms with E-state index in [9.17, 15) is 9.59 Å². The molecule has 7 heteroatoms. The van der Waals surface area contributed by atoms with E-state index < -0.39 is 0 Å². The first-order chi connectivity index (χ1) is 9.13. The molecular formula is C12H16BrN3O3. The van der Waals surface area contributed by atoms with Gasteiger partial charge in [0.25, 0.3) is 5.91 Å². The molecule has 0 aromatic carbocycles. The average molecular weight is 330 g/mol. The number of rotatable bonds is 2. The number of hydrogen-bond donors (Lipinski definition) is 1. The fourth-order valence-electron chi connectivity index (χ4n) is 1.99. The Morgan fingerprint density at radius 1 is 1.32 bits per heavy atom. The Hall–Kier alpha value is -1.50. The molecule has 1 N–H and O–H groups in total. The van der Waals surface area contributed by atoms with Crippen molar-refractivity contribution in [2.75, 3.05) is 32.7 Å². The smallest absolute Gasteiger partial charge is 0.317 e. The topological polar surface area (TPSA) is 65.8 Å². The predicted octanol–water partition coefficient (Wildman–Crippen LogP) is 1.53. The maximum Gasteiger partial charge on any atom is 0.317 e. The van der Waals surface area contributed by atoms with Crippen molar-refractivity contribution in [1.29, 1.82) is 0 Å². The summed E-state index contributed by atoms with van der Waals surface area (Å²) in [6, 6.07) is 1.57. The van der Waals surface area contributed by atoms with Crippen LogP contribution in [-0.4, -0.2) is 54.5 Å². The van der Waals surface area contributed by atoms with E-state index in [1.807, 2.05) is 6.92 Å². The van der Waals surface area contributed by atoms with Gasteiger partial charge in [-0.3, -0.25) is 4.79 Å². The van der Waals surface area contributed by atoms with Gasteiger partial charge in [-0.1, -0.05) is 0 Å². The molecule has 0 unspecified atom stereocenters. The molecule has 0 spiro atoms. The third kappa shape index (κ3) is 3.09. The number of furan rings is 1. The maximum absolute atomic E-state index is 12.2. The molecule has 2 rings (SSSR count). The molecular weight excluding hydrogens is 314 g/mol. The van der Waals surface area contributed by atoms with E-state index in [1.165, 1.54) is 6.26 Å². The van der Waals surface area contributed by atoms with Gasteiger partial charge in [0, 0.05) is 32.7 Å². The Morgan fingerprint density at radius 3 is 2.47 bits per heavy atom. The van der Waals surface area contributed by atoms with Gasteiger partial charge in [-0.05, 0) is 28.9 Å². The van der Waals surface area contributed by atoms with Gasteiger partial charge >= 0.3 is 6.03 Å². The van der Waals surface area contributed by atoms with E-state index in [1.54, 1.807) is 15.9 Å². The van der Waals surface area contributed by atoms with Gasteiger partial charge in [0.15, 0.2) is 4.67 Å². The number of halogens is 1. The largest absolute Gasteiger partial charge is 0.457 e. The number of amides is 3. The minimum atomic E-state index is -0.0730. The Morgan fingerprint density at radius 2 is 1.95 bits per heavy atom. The third-order valence-electron chi connectivity index (χ3n) is 3.03. The lowest BCUT2D eigenvalue weighted by molar-refractivity contribution is 0.0663. The fourth-order valence-corrected chi connectivity index (χ4v) is 2.40. The molecule has 1 aromatic rings. The molecule has 104 valence electrons. The number of hydrogen-bond acceptors (Lipinski definition) is 3. The van der Waals surface area contributed by atoms with E-state index >= 15 is 0 Å². The summed E-state index contributed by atoms with van der Waals surface area (Å²) >= 11 is 3.20. The van der Waals surface area contributed by atoms with Crippen LogP contribution in [-0.2, 0) is 0 Å². The highest BCUT2D eigenvalue weighted by Gasteiger charge is 2.26. The van der Waals surface area contributed by atoms with Crippen LogP contribution in [0.2, 0.25) is 0 Å². The summed E-state index contributed by atoms with van der Waals surface area (Å²) < 4.78 is 5.51. The van der Waals surface area contributed by atoms with E-state index in [2.05, 4.69) is 21.2 Å². The number of urea groups is 1. The second-order valence-electron chi connectivity index (χ2n) is 4.22. The summed E-state index contributed by atoms with van der Waals surface area (Å²) in [6.07, 6.45) is 1.47. The average Bonchev–Trinajstić information content (AvgIpc) is 2.84. The highest BCUT2D eigenvalue weighted by molar-refractivity contribution is 9.10. The van der Waals surface area contributed by atoms with Crippen LogP contribution >= 0.6 is 15.9 Å². The van der Waals surface area contributed by atoms with Crippen LogP contribution in [0, 0.1) is 0 Å². The van der Waals surface area contributed by atoms with Crippen molar-refractivity contribution in [3.05, 3.63) is 22.6 Å². The Balaban J connectivity index is 1.92. The van der Waals surface area contributed by atoms with Crippen LogP contribution in [0.4, 0.5) is 4.79 Å². The second kappa shape index (κ2) is 6.10. The monoisotopic (exact) mass is 329 g/mol. The Kier molecular flexibility index (Phi) is 4.47. The summed E-state index contributed by atoms with van der Waals surface area (Å²) in [4.78, 5) is 27.3. The number of piperazine rings is 1. The first kappa shape index (κ1) is 13.9. The molecule has 1 aliphatic rings. The fraction of sp³-hybridized carbons (Fsp3) is 0.500. The standard InChI is InChI=1S/C12H16BrN3O3/c1-2-14-12(18)16-6-4-15(5-7-16)11(17)9-3-8-19-10(9)13/h3,8H,2,4-7H2,1H3,(H,14,18). The summed E-state index contributed by atoms with van der Waals surface area (Å²) in [6.45, 7) is 4.66. The van der Waals surface area contributed by atoms with E-state index in [4.69, 9.17) is 4.42 Å². The van der Waals surface area contributed by atoms with Crippen molar-refractivity contribution in [3.8, 4) is 0 Å². The van der Waals surface area contributed by atoms with Gasteiger partial charge in [0.2, 0.25) is 0 Å². The minimum absolute atomic E-state index is 0.0703. The number of nitrogens with one attached hydrogen (secondary N) is 1. The van der Waals surface area contributed by atoms with Gasteiger partial charge in [-0.15, -0.1) is 0 Å². The molecule has 6 nitrogen and oxygen atoms in total. The number of carbonyl (C=O) groups is 2. The molecule has 1 aromatic heterocycles. The van der Waals surface area contributed by atoms with Crippen molar-refractivity contribution < 1.29 is 14.0 Å². The van der Waals surface area contributed by atoms with Crippen molar-refractivity contribution in [2.24, 2.45) is 0 Å². The maximum atomic E-state index is 12.2. The summed E-state index contributed by atoms with van der Waals surface area (Å²) in [5.74, 6) is -0.0730. The van der Waals surface area contributed by atoms with Crippen molar-refractivity contribution in [3.63, 3.8) is 0 Å². The van der Waals surface area contributed by atoms with E-state index in [0.29, 0.717) is 43.0 Å². The predicted molar refractivity (Wildman–Crippen MR) is 73.0 cm³/mol.